The summed E-state index contributed by atoms with van der Waals surface area (Å²) in [4.78, 5) is 28.5. The highest BCUT2D eigenvalue weighted by atomic mass is 16.3. The molecule has 1 aromatic rings. The van der Waals surface area contributed by atoms with Crippen molar-refractivity contribution in [2.75, 3.05) is 19.6 Å². The van der Waals surface area contributed by atoms with Crippen LogP contribution in [0.1, 0.15) is 23.7 Å². The zero-order chi connectivity index (χ0) is 15.5. The maximum absolute atomic E-state index is 12.2. The number of hydrogen-bond donors (Lipinski definition) is 3. The summed E-state index contributed by atoms with van der Waals surface area (Å²) >= 11 is 0. The average molecular weight is 293 g/mol. The molecule has 2 atom stereocenters. The molecule has 0 saturated carbocycles. The second kappa shape index (κ2) is 6.19. The van der Waals surface area contributed by atoms with Crippen molar-refractivity contribution in [3.8, 4) is 0 Å². The second-order valence-electron chi connectivity index (χ2n) is 5.27. The van der Waals surface area contributed by atoms with Gasteiger partial charge in [0, 0.05) is 39.0 Å². The van der Waals surface area contributed by atoms with E-state index in [4.69, 9.17) is 0 Å². The van der Waals surface area contributed by atoms with Crippen molar-refractivity contribution in [2.24, 2.45) is 0 Å². The number of hydrogen-bond acceptors (Lipinski definition) is 5. The van der Waals surface area contributed by atoms with E-state index in [2.05, 4.69) is 10.3 Å². The molecule has 0 radical (unpaired) electrons. The van der Waals surface area contributed by atoms with Crippen molar-refractivity contribution in [2.45, 2.75) is 25.0 Å². The molecule has 7 nitrogen and oxygen atoms in total. The number of nitrogens with one attached hydrogen (secondary N) is 1. The van der Waals surface area contributed by atoms with Crippen LogP contribution in [0.25, 0.3) is 0 Å². The van der Waals surface area contributed by atoms with Gasteiger partial charge in [0.15, 0.2) is 0 Å². The van der Waals surface area contributed by atoms with Gasteiger partial charge in [0.2, 0.25) is 5.91 Å². The molecule has 0 bridgehead atoms. The Labute approximate surface area is 122 Å². The summed E-state index contributed by atoms with van der Waals surface area (Å²) in [5.74, 6) is -0.506. The zero-order valence-corrected chi connectivity index (χ0v) is 11.8. The molecular formula is C14H19N3O4. The third-order valence-electron chi connectivity index (χ3n) is 3.67. The summed E-state index contributed by atoms with van der Waals surface area (Å²) in [5, 5.41) is 22.9. The van der Waals surface area contributed by atoms with Crippen LogP contribution in [-0.2, 0) is 4.79 Å². The van der Waals surface area contributed by atoms with Crippen molar-refractivity contribution in [3.05, 3.63) is 30.1 Å². The molecule has 1 aromatic heterocycles. The highest BCUT2D eigenvalue weighted by molar-refractivity contribution is 5.94. The third kappa shape index (κ3) is 3.56. The Kier molecular flexibility index (Phi) is 4.54. The van der Waals surface area contributed by atoms with E-state index in [0.29, 0.717) is 12.1 Å². The van der Waals surface area contributed by atoms with Crippen LogP contribution in [0.15, 0.2) is 24.5 Å². The molecule has 3 N–H and O–H groups in total. The molecule has 2 amide bonds. The number of rotatable bonds is 3. The normalized spacial score (nSPS) is 25.5. The molecule has 21 heavy (non-hydrogen) atoms. The Morgan fingerprint density at radius 2 is 2.33 bits per heavy atom. The van der Waals surface area contributed by atoms with Gasteiger partial charge in [0.05, 0.1) is 5.56 Å². The number of carbonyl (C=O) groups excluding carboxylic acids is 2. The van der Waals surface area contributed by atoms with E-state index in [9.17, 15) is 19.8 Å². The lowest BCUT2D eigenvalue weighted by atomic mass is 9.88. The maximum Gasteiger partial charge on any atom is 0.255 e. The minimum Gasteiger partial charge on any atom is -0.388 e. The van der Waals surface area contributed by atoms with Crippen molar-refractivity contribution >= 4 is 11.8 Å². The van der Waals surface area contributed by atoms with Crippen LogP contribution < -0.4 is 5.32 Å². The first-order valence-electron chi connectivity index (χ1n) is 6.76. The fourth-order valence-electron chi connectivity index (χ4n) is 2.31. The van der Waals surface area contributed by atoms with Crippen LogP contribution in [-0.4, -0.2) is 63.3 Å². The first-order chi connectivity index (χ1) is 9.92. The Hall–Kier alpha value is -1.99. The van der Waals surface area contributed by atoms with E-state index >= 15 is 0 Å². The van der Waals surface area contributed by atoms with Crippen molar-refractivity contribution in [3.63, 3.8) is 0 Å². The predicted molar refractivity (Wildman–Crippen MR) is 74.4 cm³/mol. The monoisotopic (exact) mass is 293 g/mol. The summed E-state index contributed by atoms with van der Waals surface area (Å²) in [5.41, 5.74) is -0.964. The van der Waals surface area contributed by atoms with Gasteiger partial charge in [-0.1, -0.05) is 0 Å². The second-order valence-corrected chi connectivity index (χ2v) is 5.27. The minimum absolute atomic E-state index is 0.0177. The standard InChI is InChI=1S/C14H19N3O4/c1-10(18)16-9-14(21)4-6-17(8-12(14)19)13(20)11-3-2-5-15-7-11/h2-3,5,7,12,19,21H,4,6,8-9H2,1H3,(H,16,18)/t12-,14-/m1/s1. The number of likely N-dealkylation sites (tertiary alicyclic amines) is 1. The van der Waals surface area contributed by atoms with E-state index < -0.39 is 11.7 Å². The van der Waals surface area contributed by atoms with Gasteiger partial charge in [0.1, 0.15) is 11.7 Å². The minimum atomic E-state index is -1.41. The number of aliphatic hydroxyl groups is 2. The highest BCUT2D eigenvalue weighted by Crippen LogP contribution is 2.23. The fourth-order valence-corrected chi connectivity index (χ4v) is 2.31. The molecule has 2 heterocycles. The number of piperidine rings is 1. The Morgan fingerprint density at radius 1 is 1.57 bits per heavy atom. The molecule has 0 spiro atoms. The van der Waals surface area contributed by atoms with Crippen LogP contribution in [0.5, 0.6) is 0 Å². The molecule has 114 valence electrons. The molecule has 7 heteroatoms. The molecule has 1 aliphatic rings. The molecule has 1 fully saturated rings. The number of amides is 2. The van der Waals surface area contributed by atoms with Gasteiger partial charge in [-0.05, 0) is 18.6 Å². The van der Waals surface area contributed by atoms with Crippen LogP contribution in [0, 0.1) is 0 Å². The molecule has 0 aliphatic carbocycles. The van der Waals surface area contributed by atoms with Gasteiger partial charge < -0.3 is 20.4 Å². The summed E-state index contributed by atoms with van der Waals surface area (Å²) in [7, 11) is 0. The number of pyridine rings is 1. The Balaban J connectivity index is 2.00. The van der Waals surface area contributed by atoms with Gasteiger partial charge in [-0.25, -0.2) is 0 Å². The van der Waals surface area contributed by atoms with E-state index in [0.717, 1.165) is 0 Å². The number of nitrogens with zero attached hydrogens (tertiary/aromatic N) is 2. The largest absolute Gasteiger partial charge is 0.388 e. The topological polar surface area (TPSA) is 103 Å². The Morgan fingerprint density at radius 3 is 2.90 bits per heavy atom. The molecule has 2 rings (SSSR count). The fraction of sp³-hybridized carbons (Fsp3) is 0.500. The van der Waals surface area contributed by atoms with Crippen molar-refractivity contribution in [1.82, 2.24) is 15.2 Å². The van der Waals surface area contributed by atoms with Gasteiger partial charge in [0.25, 0.3) is 5.91 Å². The highest BCUT2D eigenvalue weighted by Gasteiger charge is 2.42. The van der Waals surface area contributed by atoms with Crippen molar-refractivity contribution < 1.29 is 19.8 Å². The first-order valence-corrected chi connectivity index (χ1v) is 6.76. The van der Waals surface area contributed by atoms with Crippen LogP contribution in [0.4, 0.5) is 0 Å². The predicted octanol–water partition coefficient (Wildman–Crippen LogP) is -0.844. The average Bonchev–Trinajstić information content (AvgIpc) is 2.48. The van der Waals surface area contributed by atoms with Crippen molar-refractivity contribution in [1.29, 1.82) is 0 Å². The van der Waals surface area contributed by atoms with Gasteiger partial charge in [-0.2, -0.15) is 0 Å². The maximum atomic E-state index is 12.2. The number of β-amino-alcohol motifs (C(OH)–C–C–N with tert-alkyl or cyclic N) is 1. The lowest BCUT2D eigenvalue weighted by Crippen LogP contribution is -2.61. The number of aliphatic hydroxyl groups excluding tert-OH is 1. The van der Waals surface area contributed by atoms with Gasteiger partial charge in [-0.15, -0.1) is 0 Å². The van der Waals surface area contributed by atoms with E-state index in [1.165, 1.54) is 18.0 Å². The van der Waals surface area contributed by atoms with Crippen LogP contribution >= 0.6 is 0 Å². The number of carbonyl (C=O) groups is 2. The molecule has 1 aliphatic heterocycles. The van der Waals surface area contributed by atoms with E-state index in [1.807, 2.05) is 0 Å². The Bertz CT molecular complexity index is 522. The molecule has 0 aromatic carbocycles. The third-order valence-corrected chi connectivity index (χ3v) is 3.67. The summed E-state index contributed by atoms with van der Waals surface area (Å²) in [6, 6.07) is 3.32. The summed E-state index contributed by atoms with van der Waals surface area (Å²) in [6.07, 6.45) is 2.13. The van der Waals surface area contributed by atoms with E-state index in [1.54, 1.807) is 18.3 Å². The SMILES string of the molecule is CC(=O)NC[C@]1(O)CCN(C(=O)c2cccnc2)C[C@H]1O. The summed E-state index contributed by atoms with van der Waals surface area (Å²) in [6.45, 7) is 1.64. The molecule has 1 saturated heterocycles. The lowest BCUT2D eigenvalue weighted by Gasteiger charge is -2.42. The quantitative estimate of drug-likeness (QED) is 0.674. The molecular weight excluding hydrogens is 274 g/mol. The summed E-state index contributed by atoms with van der Waals surface area (Å²) < 4.78 is 0. The van der Waals surface area contributed by atoms with E-state index in [-0.39, 0.29) is 31.3 Å². The van der Waals surface area contributed by atoms with Crippen LogP contribution in [0.2, 0.25) is 0 Å². The zero-order valence-electron chi connectivity index (χ0n) is 11.8. The smallest absolute Gasteiger partial charge is 0.255 e. The molecule has 0 unspecified atom stereocenters. The van der Waals surface area contributed by atoms with Crippen LogP contribution in [0.3, 0.4) is 0 Å². The number of aromatic nitrogens is 1. The first kappa shape index (κ1) is 15.4. The van der Waals surface area contributed by atoms with Gasteiger partial charge >= 0.3 is 0 Å². The lowest BCUT2D eigenvalue weighted by molar-refractivity contribution is -0.127. The van der Waals surface area contributed by atoms with Gasteiger partial charge in [-0.3, -0.25) is 14.6 Å².